The standard InChI is InChI=1S/C7H6Cl2O2S/c8-5-12(10,11)7-3-1-2-6(9)4-7/h1-4H,5H2. The Morgan fingerprint density at radius 2 is 2.00 bits per heavy atom. The summed E-state index contributed by atoms with van der Waals surface area (Å²) < 4.78 is 22.3. The molecule has 1 rings (SSSR count). The Hall–Kier alpha value is -0.250. The summed E-state index contributed by atoms with van der Waals surface area (Å²) in [6.07, 6.45) is 0. The van der Waals surface area contributed by atoms with Crippen molar-refractivity contribution in [2.24, 2.45) is 0 Å². The van der Waals surface area contributed by atoms with E-state index in [1.54, 1.807) is 12.1 Å². The van der Waals surface area contributed by atoms with Gasteiger partial charge in [-0.25, -0.2) is 8.42 Å². The number of rotatable bonds is 2. The van der Waals surface area contributed by atoms with Crippen LogP contribution in [0.2, 0.25) is 5.02 Å². The van der Waals surface area contributed by atoms with Crippen LogP contribution in [-0.4, -0.2) is 13.6 Å². The minimum absolute atomic E-state index is 0.157. The molecule has 0 radical (unpaired) electrons. The van der Waals surface area contributed by atoms with E-state index in [0.717, 1.165) is 0 Å². The predicted molar refractivity (Wildman–Crippen MR) is 49.4 cm³/mol. The molecular formula is C7H6Cl2O2S. The quantitative estimate of drug-likeness (QED) is 0.723. The van der Waals surface area contributed by atoms with Crippen molar-refractivity contribution in [3.05, 3.63) is 29.3 Å². The summed E-state index contributed by atoms with van der Waals surface area (Å²) in [5, 5.41) is -0.0333. The average molecular weight is 225 g/mol. The first-order chi connectivity index (χ1) is 5.56. The molecule has 0 atom stereocenters. The van der Waals surface area contributed by atoms with E-state index in [0.29, 0.717) is 5.02 Å². The van der Waals surface area contributed by atoms with Crippen molar-refractivity contribution >= 4 is 33.0 Å². The molecule has 1 aromatic rings. The molecule has 0 bridgehead atoms. The Morgan fingerprint density at radius 3 is 2.50 bits per heavy atom. The molecule has 0 aliphatic rings. The third-order valence-electron chi connectivity index (χ3n) is 1.30. The van der Waals surface area contributed by atoms with Crippen LogP contribution in [0, 0.1) is 0 Å². The molecule has 1 aromatic carbocycles. The Balaban J connectivity index is 3.21. The molecule has 12 heavy (non-hydrogen) atoms. The maximum Gasteiger partial charge on any atom is 0.192 e. The van der Waals surface area contributed by atoms with E-state index < -0.39 is 15.0 Å². The molecule has 0 aromatic heterocycles. The van der Waals surface area contributed by atoms with Crippen LogP contribution in [0.5, 0.6) is 0 Å². The summed E-state index contributed by atoms with van der Waals surface area (Å²) in [7, 11) is -3.34. The number of hydrogen-bond donors (Lipinski definition) is 0. The zero-order valence-corrected chi connectivity index (χ0v) is 8.33. The molecule has 0 heterocycles. The van der Waals surface area contributed by atoms with Gasteiger partial charge in [0.15, 0.2) is 9.84 Å². The first kappa shape index (κ1) is 9.84. The summed E-state index contributed by atoms with van der Waals surface area (Å²) >= 11 is 10.8. The van der Waals surface area contributed by atoms with E-state index >= 15 is 0 Å². The fourth-order valence-corrected chi connectivity index (χ4v) is 2.07. The minimum atomic E-state index is -3.34. The molecular weight excluding hydrogens is 219 g/mol. The highest BCUT2D eigenvalue weighted by Gasteiger charge is 2.11. The normalized spacial score (nSPS) is 11.5. The number of benzene rings is 1. The Bertz CT molecular complexity index is 373. The van der Waals surface area contributed by atoms with Gasteiger partial charge in [-0.3, -0.25) is 0 Å². The third-order valence-corrected chi connectivity index (χ3v) is 3.66. The molecule has 0 saturated heterocycles. The second-order valence-electron chi connectivity index (χ2n) is 2.18. The highest BCUT2D eigenvalue weighted by molar-refractivity contribution is 7.92. The maximum absolute atomic E-state index is 11.2. The minimum Gasteiger partial charge on any atom is -0.222 e. The molecule has 0 amide bonds. The second kappa shape index (κ2) is 3.64. The van der Waals surface area contributed by atoms with E-state index in [-0.39, 0.29) is 4.90 Å². The average Bonchev–Trinajstić information content (AvgIpc) is 2.05. The van der Waals surface area contributed by atoms with Gasteiger partial charge in [0.1, 0.15) is 5.21 Å². The van der Waals surface area contributed by atoms with Gasteiger partial charge in [-0.05, 0) is 18.2 Å². The number of sulfone groups is 1. The van der Waals surface area contributed by atoms with Gasteiger partial charge in [0.25, 0.3) is 0 Å². The monoisotopic (exact) mass is 224 g/mol. The van der Waals surface area contributed by atoms with Gasteiger partial charge in [-0.15, -0.1) is 11.6 Å². The summed E-state index contributed by atoms with van der Waals surface area (Å²) in [6.45, 7) is 0. The number of halogens is 2. The highest BCUT2D eigenvalue weighted by atomic mass is 35.5. The SMILES string of the molecule is O=S(=O)(CCl)c1cccc(Cl)c1. The van der Waals surface area contributed by atoms with Crippen LogP contribution in [0.4, 0.5) is 0 Å². The third kappa shape index (κ3) is 2.12. The molecule has 0 aliphatic carbocycles. The van der Waals surface area contributed by atoms with Crippen LogP contribution in [0.1, 0.15) is 0 Å². The molecule has 0 spiro atoms. The first-order valence-corrected chi connectivity index (χ1v) is 5.67. The van der Waals surface area contributed by atoms with Crippen molar-refractivity contribution in [1.82, 2.24) is 0 Å². The molecule has 0 aliphatic heterocycles. The van der Waals surface area contributed by atoms with Crippen molar-refractivity contribution in [1.29, 1.82) is 0 Å². The van der Waals surface area contributed by atoms with Gasteiger partial charge >= 0.3 is 0 Å². The van der Waals surface area contributed by atoms with Gasteiger partial charge in [0.05, 0.1) is 4.90 Å². The Labute approximate surface area is 81.0 Å². The van der Waals surface area contributed by atoms with Crippen molar-refractivity contribution in [2.75, 3.05) is 5.21 Å². The zero-order chi connectivity index (χ0) is 9.19. The molecule has 2 nitrogen and oxygen atoms in total. The lowest BCUT2D eigenvalue weighted by Crippen LogP contribution is -2.01. The van der Waals surface area contributed by atoms with Gasteiger partial charge in [-0.2, -0.15) is 0 Å². The van der Waals surface area contributed by atoms with Crippen LogP contribution in [-0.2, 0) is 9.84 Å². The highest BCUT2D eigenvalue weighted by Crippen LogP contribution is 2.17. The van der Waals surface area contributed by atoms with E-state index in [1.807, 2.05) is 0 Å². The summed E-state index contributed by atoms with van der Waals surface area (Å²) in [5.41, 5.74) is 0. The smallest absolute Gasteiger partial charge is 0.192 e. The van der Waals surface area contributed by atoms with Gasteiger partial charge in [-0.1, -0.05) is 17.7 Å². The molecule has 5 heteroatoms. The van der Waals surface area contributed by atoms with E-state index in [9.17, 15) is 8.42 Å². The summed E-state index contributed by atoms with van der Waals surface area (Å²) in [5.74, 6) is 0. The van der Waals surface area contributed by atoms with Crippen LogP contribution in [0.15, 0.2) is 29.2 Å². The van der Waals surface area contributed by atoms with Gasteiger partial charge < -0.3 is 0 Å². The molecule has 0 saturated carbocycles. The largest absolute Gasteiger partial charge is 0.222 e. The van der Waals surface area contributed by atoms with Gasteiger partial charge in [0, 0.05) is 5.02 Å². The molecule has 66 valence electrons. The van der Waals surface area contributed by atoms with Crippen LogP contribution < -0.4 is 0 Å². The molecule has 0 unspecified atom stereocenters. The first-order valence-electron chi connectivity index (χ1n) is 3.10. The van der Waals surface area contributed by atoms with Crippen LogP contribution in [0.3, 0.4) is 0 Å². The molecule has 0 fully saturated rings. The lowest BCUT2D eigenvalue weighted by molar-refractivity contribution is 0.600. The maximum atomic E-state index is 11.2. The molecule has 0 N–H and O–H groups in total. The Kier molecular flexibility index (Phi) is 2.99. The summed E-state index contributed by atoms with van der Waals surface area (Å²) in [6, 6.07) is 6.01. The predicted octanol–water partition coefficient (Wildman–Crippen LogP) is 2.31. The second-order valence-corrected chi connectivity index (χ2v) is 5.19. The van der Waals surface area contributed by atoms with E-state index in [2.05, 4.69) is 0 Å². The van der Waals surface area contributed by atoms with E-state index in [4.69, 9.17) is 23.2 Å². The fourth-order valence-electron chi connectivity index (χ4n) is 0.723. The van der Waals surface area contributed by atoms with Crippen LogP contribution in [0.25, 0.3) is 0 Å². The van der Waals surface area contributed by atoms with E-state index in [1.165, 1.54) is 12.1 Å². The summed E-state index contributed by atoms with van der Waals surface area (Å²) in [4.78, 5) is 0.157. The number of hydrogen-bond acceptors (Lipinski definition) is 2. The number of alkyl halides is 1. The van der Waals surface area contributed by atoms with Gasteiger partial charge in [0.2, 0.25) is 0 Å². The fraction of sp³-hybridized carbons (Fsp3) is 0.143. The van der Waals surface area contributed by atoms with Crippen molar-refractivity contribution in [2.45, 2.75) is 4.90 Å². The van der Waals surface area contributed by atoms with Crippen molar-refractivity contribution in [3.8, 4) is 0 Å². The van der Waals surface area contributed by atoms with Crippen molar-refractivity contribution < 1.29 is 8.42 Å². The lowest BCUT2D eigenvalue weighted by atomic mass is 10.4. The topological polar surface area (TPSA) is 34.1 Å². The Morgan fingerprint density at radius 1 is 1.33 bits per heavy atom. The lowest BCUT2D eigenvalue weighted by Gasteiger charge is -1.99. The van der Waals surface area contributed by atoms with Crippen molar-refractivity contribution in [3.63, 3.8) is 0 Å². The zero-order valence-electron chi connectivity index (χ0n) is 6.00. The van der Waals surface area contributed by atoms with Crippen LogP contribution >= 0.6 is 23.2 Å².